The van der Waals surface area contributed by atoms with Gasteiger partial charge in [-0.1, -0.05) is 49.4 Å². The van der Waals surface area contributed by atoms with E-state index in [1.54, 1.807) is 14.2 Å². The molecule has 0 radical (unpaired) electrons. The van der Waals surface area contributed by atoms with E-state index in [1.165, 1.54) is 0 Å². The van der Waals surface area contributed by atoms with Gasteiger partial charge in [0.1, 0.15) is 29.9 Å². The van der Waals surface area contributed by atoms with Crippen LogP contribution < -0.4 is 14.8 Å². The highest BCUT2D eigenvalue weighted by atomic mass is 35.5. The average molecular weight is 630 g/mol. The molecule has 230 valence electrons. The molecule has 0 aliphatic heterocycles. The number of nitrogens with zero attached hydrogens (tertiary/aromatic N) is 4. The molecule has 0 saturated carbocycles. The van der Waals surface area contributed by atoms with Gasteiger partial charge in [0.2, 0.25) is 0 Å². The zero-order valence-electron chi connectivity index (χ0n) is 26.2. The number of pyridine rings is 1. The Balaban J connectivity index is 1.47. The molecule has 0 fully saturated rings. The number of imidazole rings is 1. The summed E-state index contributed by atoms with van der Waals surface area (Å²) in [6.07, 6.45) is 9.88. The largest absolute Gasteiger partial charge is 0.497 e. The van der Waals surface area contributed by atoms with Crippen LogP contribution in [0.2, 0.25) is 30.7 Å². The van der Waals surface area contributed by atoms with E-state index in [4.69, 9.17) is 30.8 Å². The highest BCUT2D eigenvalue weighted by Gasteiger charge is 2.19. The number of aryl methyl sites for hydroxylation is 1. The quantitative estimate of drug-likeness (QED) is 0.104. The highest BCUT2D eigenvalue weighted by molar-refractivity contribution is 6.76. The SMILES string of the molecule is COc1ccc(CNc2cc(-n3cc(-c4ccccc4Cl)c(-c4nccn4COCC[Si](C)(C)C)c3)c(C)cn2)c(OC)c1. The van der Waals surface area contributed by atoms with Crippen molar-refractivity contribution in [1.29, 1.82) is 0 Å². The van der Waals surface area contributed by atoms with Crippen LogP contribution in [0.3, 0.4) is 0 Å². The summed E-state index contributed by atoms with van der Waals surface area (Å²) in [7, 11) is 2.12. The second kappa shape index (κ2) is 13.7. The van der Waals surface area contributed by atoms with Crippen LogP contribution in [0.5, 0.6) is 11.5 Å². The number of benzene rings is 2. The molecule has 8 nitrogen and oxygen atoms in total. The summed E-state index contributed by atoms with van der Waals surface area (Å²) in [5.74, 6) is 3.07. The summed E-state index contributed by atoms with van der Waals surface area (Å²) in [5, 5.41) is 4.13. The maximum Gasteiger partial charge on any atom is 0.143 e. The smallest absolute Gasteiger partial charge is 0.143 e. The molecule has 2 aromatic carbocycles. The standard InChI is InChI=1S/C34H40ClN5O3Si/c1-24-19-37-33(38-20-25-11-12-26(41-2)17-32(25)42-3)18-31(24)40-21-28(27-9-7-8-10-30(27)35)29(22-40)34-36-13-14-39(34)23-43-15-16-44(4,5)6/h7-14,17-19,21-22H,15-16,20,23H2,1-6H3,(H,37,38). The van der Waals surface area contributed by atoms with Gasteiger partial charge >= 0.3 is 0 Å². The lowest BCUT2D eigenvalue weighted by molar-refractivity contribution is 0.0883. The Kier molecular flexibility index (Phi) is 9.78. The van der Waals surface area contributed by atoms with E-state index < -0.39 is 8.07 Å². The van der Waals surface area contributed by atoms with Gasteiger partial charge in [-0.3, -0.25) is 0 Å². The minimum atomic E-state index is -1.18. The Labute approximate surface area is 265 Å². The third-order valence-corrected chi connectivity index (χ3v) is 9.51. The fourth-order valence-corrected chi connectivity index (χ4v) is 5.93. The van der Waals surface area contributed by atoms with Crippen molar-refractivity contribution >= 4 is 25.5 Å². The molecule has 0 amide bonds. The number of anilines is 1. The number of aromatic nitrogens is 4. The predicted octanol–water partition coefficient (Wildman–Crippen LogP) is 8.31. The van der Waals surface area contributed by atoms with Crippen molar-refractivity contribution in [2.75, 3.05) is 26.1 Å². The van der Waals surface area contributed by atoms with E-state index in [-0.39, 0.29) is 0 Å². The Morgan fingerprint density at radius 3 is 2.48 bits per heavy atom. The van der Waals surface area contributed by atoms with Gasteiger partial charge in [-0.2, -0.15) is 0 Å². The molecule has 0 aliphatic carbocycles. The zero-order valence-corrected chi connectivity index (χ0v) is 28.0. The first-order valence-corrected chi connectivity index (χ1v) is 18.7. The lowest BCUT2D eigenvalue weighted by Crippen LogP contribution is -2.22. The molecule has 0 bridgehead atoms. The van der Waals surface area contributed by atoms with Crippen LogP contribution in [0, 0.1) is 6.92 Å². The van der Waals surface area contributed by atoms with Crippen molar-refractivity contribution in [2.45, 2.75) is 45.9 Å². The number of halogens is 1. The molecule has 0 saturated heterocycles. The van der Waals surface area contributed by atoms with Crippen LogP contribution in [0.1, 0.15) is 11.1 Å². The molecule has 0 unspecified atom stereocenters. The summed E-state index contributed by atoms with van der Waals surface area (Å²) in [6.45, 7) is 10.8. The Hall–Kier alpha value is -4.05. The molecule has 0 aliphatic rings. The van der Waals surface area contributed by atoms with E-state index in [2.05, 4.69) is 64.5 Å². The van der Waals surface area contributed by atoms with Crippen LogP contribution >= 0.6 is 11.6 Å². The minimum absolute atomic E-state index is 0.435. The van der Waals surface area contributed by atoms with Gasteiger partial charge < -0.3 is 28.7 Å². The van der Waals surface area contributed by atoms with Gasteiger partial charge in [0.15, 0.2) is 0 Å². The van der Waals surface area contributed by atoms with Gasteiger partial charge in [0.05, 0.1) is 19.9 Å². The molecule has 1 N–H and O–H groups in total. The molecule has 5 aromatic rings. The van der Waals surface area contributed by atoms with Crippen LogP contribution in [-0.4, -0.2) is 48.0 Å². The summed E-state index contributed by atoms with van der Waals surface area (Å²) in [4.78, 5) is 9.41. The Morgan fingerprint density at radius 2 is 1.73 bits per heavy atom. The van der Waals surface area contributed by atoms with E-state index in [9.17, 15) is 0 Å². The number of ether oxygens (including phenoxy) is 3. The maximum absolute atomic E-state index is 6.74. The van der Waals surface area contributed by atoms with E-state index >= 15 is 0 Å². The molecular weight excluding hydrogens is 590 g/mol. The average Bonchev–Trinajstić information content (AvgIpc) is 3.66. The third kappa shape index (κ3) is 7.35. The lowest BCUT2D eigenvalue weighted by atomic mass is 10.0. The molecule has 10 heteroatoms. The molecule has 3 aromatic heterocycles. The number of hydrogen-bond acceptors (Lipinski definition) is 6. The fourth-order valence-electron chi connectivity index (χ4n) is 4.94. The predicted molar refractivity (Wildman–Crippen MR) is 181 cm³/mol. The number of hydrogen-bond donors (Lipinski definition) is 1. The van der Waals surface area contributed by atoms with Crippen molar-refractivity contribution < 1.29 is 14.2 Å². The molecule has 44 heavy (non-hydrogen) atoms. The number of rotatable bonds is 13. The normalized spacial score (nSPS) is 11.5. The van der Waals surface area contributed by atoms with Crippen LogP contribution in [0.4, 0.5) is 5.82 Å². The summed E-state index contributed by atoms with van der Waals surface area (Å²) in [6, 6.07) is 16.9. The van der Waals surface area contributed by atoms with Gasteiger partial charge in [-0.25, -0.2) is 9.97 Å². The summed E-state index contributed by atoms with van der Waals surface area (Å²) >= 11 is 6.74. The van der Waals surface area contributed by atoms with Crippen molar-refractivity contribution in [3.8, 4) is 39.7 Å². The molecule has 3 heterocycles. The van der Waals surface area contributed by atoms with Crippen molar-refractivity contribution in [3.63, 3.8) is 0 Å². The van der Waals surface area contributed by atoms with Crippen molar-refractivity contribution in [3.05, 3.63) is 95.7 Å². The van der Waals surface area contributed by atoms with Gasteiger partial charge in [0, 0.05) is 91.6 Å². The first-order valence-electron chi connectivity index (χ1n) is 14.6. The second-order valence-corrected chi connectivity index (χ2v) is 18.0. The third-order valence-electron chi connectivity index (χ3n) is 7.48. The lowest BCUT2D eigenvalue weighted by Gasteiger charge is -2.16. The first-order chi connectivity index (χ1) is 21.2. The topological polar surface area (TPSA) is 75.4 Å². The minimum Gasteiger partial charge on any atom is -0.497 e. The highest BCUT2D eigenvalue weighted by Crippen LogP contribution is 2.38. The van der Waals surface area contributed by atoms with Crippen LogP contribution in [0.15, 0.2) is 79.5 Å². The molecule has 0 atom stereocenters. The van der Waals surface area contributed by atoms with E-state index in [0.29, 0.717) is 18.3 Å². The second-order valence-electron chi connectivity index (χ2n) is 11.9. The van der Waals surface area contributed by atoms with Crippen LogP contribution in [0.25, 0.3) is 28.2 Å². The molecule has 0 spiro atoms. The number of methoxy groups -OCH3 is 2. The monoisotopic (exact) mass is 629 g/mol. The van der Waals surface area contributed by atoms with Crippen molar-refractivity contribution in [1.82, 2.24) is 19.1 Å². The Bertz CT molecular complexity index is 1730. The van der Waals surface area contributed by atoms with Crippen molar-refractivity contribution in [2.24, 2.45) is 0 Å². The van der Waals surface area contributed by atoms with E-state index in [1.807, 2.05) is 61.1 Å². The maximum atomic E-state index is 6.74. The summed E-state index contributed by atoms with van der Waals surface area (Å²) < 4.78 is 21.2. The fraction of sp³-hybridized carbons (Fsp3) is 0.294. The molecule has 5 rings (SSSR count). The zero-order chi connectivity index (χ0) is 31.3. The van der Waals surface area contributed by atoms with Gasteiger partial charge in [-0.05, 0) is 36.7 Å². The molecular formula is C34H40ClN5O3Si. The summed E-state index contributed by atoms with van der Waals surface area (Å²) in [5.41, 5.74) is 5.91. The van der Waals surface area contributed by atoms with Gasteiger partial charge in [-0.15, -0.1) is 0 Å². The first kappa shape index (κ1) is 31.4. The Morgan fingerprint density at radius 1 is 0.932 bits per heavy atom. The van der Waals surface area contributed by atoms with Crippen LogP contribution in [-0.2, 0) is 18.0 Å². The number of nitrogens with one attached hydrogen (secondary N) is 1. The van der Waals surface area contributed by atoms with E-state index in [0.717, 1.165) is 69.3 Å². The van der Waals surface area contributed by atoms with Gasteiger partial charge in [0.25, 0.3) is 0 Å².